The first-order chi connectivity index (χ1) is 9.70. The molecule has 2 heterocycles. The van der Waals surface area contributed by atoms with Crippen LogP contribution in [0.1, 0.15) is 32.6 Å². The highest BCUT2D eigenvalue weighted by Gasteiger charge is 2.29. The van der Waals surface area contributed by atoms with E-state index < -0.39 is 0 Å². The Hall–Kier alpha value is -0.160. The van der Waals surface area contributed by atoms with E-state index in [1.807, 2.05) is 0 Å². The average Bonchev–Trinajstić information content (AvgIpc) is 2.97. The van der Waals surface area contributed by atoms with Crippen molar-refractivity contribution in [3.8, 4) is 0 Å². The highest BCUT2D eigenvalue weighted by molar-refractivity contribution is 4.85. The lowest BCUT2D eigenvalue weighted by atomic mass is 9.96. The SMILES string of the molecule is CCCNC(CN(C)C1CCCN(C)C1)C1CCOC1. The minimum Gasteiger partial charge on any atom is -0.381 e. The second-order valence-corrected chi connectivity index (χ2v) is 6.68. The molecule has 0 radical (unpaired) electrons. The molecule has 2 rings (SSSR count). The van der Waals surface area contributed by atoms with Gasteiger partial charge in [-0.05, 0) is 52.9 Å². The Kier molecular flexibility index (Phi) is 6.75. The van der Waals surface area contributed by atoms with E-state index in [1.165, 1.54) is 38.8 Å². The largest absolute Gasteiger partial charge is 0.381 e. The van der Waals surface area contributed by atoms with Crippen LogP contribution in [0.3, 0.4) is 0 Å². The number of hydrogen-bond donors (Lipinski definition) is 1. The van der Waals surface area contributed by atoms with E-state index in [-0.39, 0.29) is 0 Å². The fourth-order valence-electron chi connectivity index (χ4n) is 3.54. The van der Waals surface area contributed by atoms with Gasteiger partial charge >= 0.3 is 0 Å². The maximum Gasteiger partial charge on any atom is 0.0510 e. The molecule has 0 spiro atoms. The molecule has 1 N–H and O–H groups in total. The average molecular weight is 283 g/mol. The summed E-state index contributed by atoms with van der Waals surface area (Å²) in [4.78, 5) is 5.05. The monoisotopic (exact) mass is 283 g/mol. The first-order valence-corrected chi connectivity index (χ1v) is 8.40. The van der Waals surface area contributed by atoms with Gasteiger partial charge in [0, 0.05) is 37.7 Å². The highest BCUT2D eigenvalue weighted by atomic mass is 16.5. The van der Waals surface area contributed by atoms with Crippen LogP contribution < -0.4 is 5.32 Å². The Morgan fingerprint density at radius 3 is 2.90 bits per heavy atom. The van der Waals surface area contributed by atoms with Gasteiger partial charge in [-0.25, -0.2) is 0 Å². The number of hydrogen-bond acceptors (Lipinski definition) is 4. The van der Waals surface area contributed by atoms with E-state index >= 15 is 0 Å². The first kappa shape index (κ1) is 16.2. The lowest BCUT2D eigenvalue weighted by molar-refractivity contribution is 0.111. The zero-order valence-electron chi connectivity index (χ0n) is 13.6. The summed E-state index contributed by atoms with van der Waals surface area (Å²) in [5, 5.41) is 3.76. The van der Waals surface area contributed by atoms with Crippen molar-refractivity contribution in [1.82, 2.24) is 15.1 Å². The van der Waals surface area contributed by atoms with Crippen LogP contribution in [0.25, 0.3) is 0 Å². The van der Waals surface area contributed by atoms with Crippen LogP contribution in [-0.4, -0.2) is 75.4 Å². The Morgan fingerprint density at radius 2 is 2.25 bits per heavy atom. The summed E-state index contributed by atoms with van der Waals surface area (Å²) in [6, 6.07) is 1.32. The maximum atomic E-state index is 5.60. The summed E-state index contributed by atoms with van der Waals surface area (Å²) < 4.78 is 5.60. The molecule has 3 unspecified atom stereocenters. The number of rotatable bonds is 7. The molecule has 2 saturated heterocycles. The molecule has 118 valence electrons. The second-order valence-electron chi connectivity index (χ2n) is 6.68. The third-order valence-electron chi connectivity index (χ3n) is 4.90. The van der Waals surface area contributed by atoms with E-state index in [0.717, 1.165) is 32.3 Å². The van der Waals surface area contributed by atoms with E-state index in [1.54, 1.807) is 0 Å². The standard InChI is InChI=1S/C16H33N3O/c1-4-8-17-16(14-7-10-20-13-14)12-19(3)15-6-5-9-18(2)11-15/h14-17H,4-13H2,1-3H3. The first-order valence-electron chi connectivity index (χ1n) is 8.40. The van der Waals surface area contributed by atoms with Crippen LogP contribution in [0, 0.1) is 5.92 Å². The Labute approximate surface area is 124 Å². The smallest absolute Gasteiger partial charge is 0.0510 e. The zero-order chi connectivity index (χ0) is 14.4. The van der Waals surface area contributed by atoms with Gasteiger partial charge in [0.05, 0.1) is 6.61 Å². The number of likely N-dealkylation sites (N-methyl/N-ethyl adjacent to an activating group) is 2. The summed E-state index contributed by atoms with van der Waals surface area (Å²) in [6.45, 7) is 8.91. The van der Waals surface area contributed by atoms with Crippen molar-refractivity contribution >= 4 is 0 Å². The highest BCUT2D eigenvalue weighted by Crippen LogP contribution is 2.20. The number of nitrogens with zero attached hydrogens (tertiary/aromatic N) is 2. The van der Waals surface area contributed by atoms with Crippen molar-refractivity contribution in [2.24, 2.45) is 5.92 Å². The number of piperidine rings is 1. The van der Waals surface area contributed by atoms with Gasteiger partial charge in [0.25, 0.3) is 0 Å². The summed E-state index contributed by atoms with van der Waals surface area (Å²) in [5.41, 5.74) is 0. The van der Waals surface area contributed by atoms with Crippen molar-refractivity contribution in [2.45, 2.75) is 44.7 Å². The second kappa shape index (κ2) is 8.32. The molecule has 4 heteroatoms. The molecule has 0 amide bonds. The van der Waals surface area contributed by atoms with Crippen molar-refractivity contribution in [3.05, 3.63) is 0 Å². The van der Waals surface area contributed by atoms with Gasteiger partial charge < -0.3 is 19.9 Å². The van der Waals surface area contributed by atoms with Gasteiger partial charge in [0.1, 0.15) is 0 Å². The Balaban J connectivity index is 1.84. The molecule has 20 heavy (non-hydrogen) atoms. The van der Waals surface area contributed by atoms with Gasteiger partial charge in [-0.1, -0.05) is 6.92 Å². The van der Waals surface area contributed by atoms with E-state index in [2.05, 4.69) is 36.1 Å². The summed E-state index contributed by atoms with van der Waals surface area (Å²) >= 11 is 0. The topological polar surface area (TPSA) is 27.7 Å². The lowest BCUT2D eigenvalue weighted by Gasteiger charge is -2.38. The van der Waals surface area contributed by atoms with Gasteiger partial charge in [-0.15, -0.1) is 0 Å². The molecule has 0 bridgehead atoms. The van der Waals surface area contributed by atoms with Crippen LogP contribution in [0.15, 0.2) is 0 Å². The number of ether oxygens (including phenoxy) is 1. The molecule has 0 aromatic carbocycles. The quantitative estimate of drug-likeness (QED) is 0.765. The predicted octanol–water partition coefficient (Wildman–Crippen LogP) is 1.42. The molecule has 2 aliphatic rings. The van der Waals surface area contributed by atoms with Crippen LogP contribution in [0.4, 0.5) is 0 Å². The van der Waals surface area contributed by atoms with Crippen molar-refractivity contribution < 1.29 is 4.74 Å². The summed E-state index contributed by atoms with van der Waals surface area (Å²) in [5.74, 6) is 0.699. The molecule has 3 atom stereocenters. The van der Waals surface area contributed by atoms with E-state index in [4.69, 9.17) is 4.74 Å². The Bertz CT molecular complexity index is 268. The van der Waals surface area contributed by atoms with Gasteiger partial charge in [-0.3, -0.25) is 0 Å². The minimum atomic E-state index is 0.592. The van der Waals surface area contributed by atoms with Gasteiger partial charge in [-0.2, -0.15) is 0 Å². The minimum absolute atomic E-state index is 0.592. The number of nitrogens with one attached hydrogen (secondary N) is 1. The molecule has 0 aromatic heterocycles. The van der Waals surface area contributed by atoms with Crippen LogP contribution >= 0.6 is 0 Å². The van der Waals surface area contributed by atoms with Gasteiger partial charge in [0.2, 0.25) is 0 Å². The molecular formula is C16H33N3O. The third kappa shape index (κ3) is 4.69. The maximum absolute atomic E-state index is 5.60. The molecule has 0 aliphatic carbocycles. The normalized spacial score (nSPS) is 30.0. The van der Waals surface area contributed by atoms with Gasteiger partial charge in [0.15, 0.2) is 0 Å². The van der Waals surface area contributed by atoms with Crippen molar-refractivity contribution in [3.63, 3.8) is 0 Å². The van der Waals surface area contributed by atoms with Crippen molar-refractivity contribution in [1.29, 1.82) is 0 Å². The van der Waals surface area contributed by atoms with E-state index in [9.17, 15) is 0 Å². The molecule has 2 aliphatic heterocycles. The molecular weight excluding hydrogens is 250 g/mol. The molecule has 4 nitrogen and oxygen atoms in total. The zero-order valence-corrected chi connectivity index (χ0v) is 13.6. The number of likely N-dealkylation sites (tertiary alicyclic amines) is 1. The van der Waals surface area contributed by atoms with Crippen LogP contribution in [0.2, 0.25) is 0 Å². The summed E-state index contributed by atoms with van der Waals surface area (Å²) in [7, 11) is 4.55. The molecule has 0 saturated carbocycles. The fourth-order valence-corrected chi connectivity index (χ4v) is 3.54. The van der Waals surface area contributed by atoms with Crippen LogP contribution in [-0.2, 0) is 4.74 Å². The van der Waals surface area contributed by atoms with E-state index in [0.29, 0.717) is 12.0 Å². The molecule has 2 fully saturated rings. The fraction of sp³-hybridized carbons (Fsp3) is 1.00. The summed E-state index contributed by atoms with van der Waals surface area (Å²) in [6.07, 6.45) is 5.12. The third-order valence-corrected chi connectivity index (χ3v) is 4.90. The Morgan fingerprint density at radius 1 is 1.40 bits per heavy atom. The lowest BCUT2D eigenvalue weighted by Crippen LogP contribution is -2.51. The predicted molar refractivity (Wildman–Crippen MR) is 84.2 cm³/mol. The van der Waals surface area contributed by atoms with Crippen LogP contribution in [0.5, 0.6) is 0 Å². The molecule has 0 aromatic rings. The van der Waals surface area contributed by atoms with Crippen molar-refractivity contribution in [2.75, 3.05) is 53.5 Å².